The summed E-state index contributed by atoms with van der Waals surface area (Å²) >= 11 is 1.66. The Morgan fingerprint density at radius 3 is 2.67 bits per heavy atom. The summed E-state index contributed by atoms with van der Waals surface area (Å²) in [6.07, 6.45) is 3.20. The van der Waals surface area contributed by atoms with E-state index in [4.69, 9.17) is 5.73 Å². The van der Waals surface area contributed by atoms with Crippen LogP contribution in [0.4, 0.5) is 16.0 Å². The number of nitrogens with one attached hydrogen (secondary N) is 3. The van der Waals surface area contributed by atoms with Crippen LogP contribution >= 0.6 is 11.3 Å². The van der Waals surface area contributed by atoms with E-state index in [1.807, 2.05) is 13.0 Å². The van der Waals surface area contributed by atoms with E-state index in [0.29, 0.717) is 31.0 Å². The molecule has 1 amide bonds. The standard InChI is InChI=1S/C29H28FN7OS/c1-18(19-4-7-21(30)8-5-19)37-29(38)23-3-2-13-32-27(23)34-16-22-9-11-26(39-22)20-6-10-25-24(15-20)28(33-14-12-31)36-17-35-25/h2-11,13,15,17-18H,12,14,16,31H2,1H3,(H,32,34)(H,37,38)(H,33,35,36). The lowest BCUT2D eigenvalue weighted by atomic mass is 10.1. The summed E-state index contributed by atoms with van der Waals surface area (Å²) in [5, 5.41) is 10.5. The molecule has 0 spiro atoms. The van der Waals surface area contributed by atoms with E-state index in [0.717, 1.165) is 37.6 Å². The minimum atomic E-state index is -0.313. The summed E-state index contributed by atoms with van der Waals surface area (Å²) in [6.45, 7) is 3.51. The number of benzene rings is 2. The van der Waals surface area contributed by atoms with Crippen LogP contribution in [0.25, 0.3) is 21.3 Å². The second kappa shape index (κ2) is 12.0. The van der Waals surface area contributed by atoms with Gasteiger partial charge in [-0.2, -0.15) is 0 Å². The van der Waals surface area contributed by atoms with Gasteiger partial charge in [-0.1, -0.05) is 18.2 Å². The molecule has 0 bridgehead atoms. The number of fused-ring (bicyclic) bond motifs is 1. The second-order valence-electron chi connectivity index (χ2n) is 8.94. The Kier molecular flexibility index (Phi) is 8.04. The Bertz CT molecular complexity index is 1590. The number of rotatable bonds is 10. The molecule has 1 unspecified atom stereocenters. The van der Waals surface area contributed by atoms with Gasteiger partial charge in [-0.15, -0.1) is 11.3 Å². The zero-order valence-electron chi connectivity index (χ0n) is 21.3. The van der Waals surface area contributed by atoms with Crippen LogP contribution in [-0.2, 0) is 6.54 Å². The first kappa shape index (κ1) is 26.2. The third kappa shape index (κ3) is 6.19. The highest BCUT2D eigenvalue weighted by atomic mass is 32.1. The normalized spacial score (nSPS) is 11.8. The summed E-state index contributed by atoms with van der Waals surface area (Å²) in [5.74, 6) is 0.688. The number of halogens is 1. The zero-order valence-corrected chi connectivity index (χ0v) is 22.1. The molecule has 0 saturated carbocycles. The van der Waals surface area contributed by atoms with Gasteiger partial charge in [0.15, 0.2) is 0 Å². The van der Waals surface area contributed by atoms with Crippen molar-refractivity contribution in [3.63, 3.8) is 0 Å². The molecule has 8 nitrogen and oxygen atoms in total. The first-order valence-electron chi connectivity index (χ1n) is 12.5. The van der Waals surface area contributed by atoms with Crippen LogP contribution in [0.1, 0.15) is 33.8 Å². The maximum Gasteiger partial charge on any atom is 0.255 e. The highest BCUT2D eigenvalue weighted by molar-refractivity contribution is 7.15. The molecular weight excluding hydrogens is 513 g/mol. The Balaban J connectivity index is 1.28. The van der Waals surface area contributed by atoms with Gasteiger partial charge >= 0.3 is 0 Å². The molecule has 39 heavy (non-hydrogen) atoms. The Labute approximate surface area is 229 Å². The van der Waals surface area contributed by atoms with Gasteiger partial charge in [0.1, 0.15) is 23.8 Å². The van der Waals surface area contributed by atoms with Crippen LogP contribution < -0.4 is 21.7 Å². The van der Waals surface area contributed by atoms with Crippen LogP contribution in [-0.4, -0.2) is 33.9 Å². The molecular formula is C29H28FN7OS. The maximum absolute atomic E-state index is 13.3. The van der Waals surface area contributed by atoms with Crippen LogP contribution in [0.15, 0.2) is 79.3 Å². The van der Waals surface area contributed by atoms with E-state index < -0.39 is 0 Å². The van der Waals surface area contributed by atoms with Crippen molar-refractivity contribution in [2.45, 2.75) is 19.5 Å². The van der Waals surface area contributed by atoms with Crippen LogP contribution in [0.2, 0.25) is 0 Å². The van der Waals surface area contributed by atoms with E-state index in [9.17, 15) is 9.18 Å². The van der Waals surface area contributed by atoms with Crippen molar-refractivity contribution < 1.29 is 9.18 Å². The highest BCUT2D eigenvalue weighted by Gasteiger charge is 2.16. The van der Waals surface area contributed by atoms with Gasteiger partial charge in [-0.25, -0.2) is 19.3 Å². The van der Waals surface area contributed by atoms with Gasteiger partial charge in [0.05, 0.1) is 23.7 Å². The summed E-state index contributed by atoms with van der Waals surface area (Å²) < 4.78 is 13.3. The van der Waals surface area contributed by atoms with Gasteiger partial charge < -0.3 is 21.7 Å². The summed E-state index contributed by atoms with van der Waals surface area (Å²) in [4.78, 5) is 28.4. The number of amides is 1. The Morgan fingerprint density at radius 2 is 1.85 bits per heavy atom. The molecule has 5 rings (SSSR count). The topological polar surface area (TPSA) is 118 Å². The molecule has 0 aliphatic rings. The van der Waals surface area contributed by atoms with Crippen molar-refractivity contribution in [3.05, 3.63) is 101 Å². The fourth-order valence-corrected chi connectivity index (χ4v) is 5.12. The van der Waals surface area contributed by atoms with E-state index >= 15 is 0 Å². The lowest BCUT2D eigenvalue weighted by Crippen LogP contribution is -2.27. The molecule has 5 N–H and O–H groups in total. The Morgan fingerprint density at radius 1 is 1.00 bits per heavy atom. The van der Waals surface area contributed by atoms with E-state index in [1.54, 1.807) is 48.1 Å². The first-order valence-corrected chi connectivity index (χ1v) is 13.4. The number of anilines is 2. The van der Waals surface area contributed by atoms with Crippen molar-refractivity contribution in [2.75, 3.05) is 23.7 Å². The van der Waals surface area contributed by atoms with E-state index in [-0.39, 0.29) is 17.8 Å². The fourth-order valence-electron chi connectivity index (χ4n) is 4.18. The van der Waals surface area contributed by atoms with E-state index in [1.165, 1.54) is 12.1 Å². The minimum Gasteiger partial charge on any atom is -0.368 e. The number of carbonyl (C=O) groups excluding carboxylic acids is 1. The second-order valence-corrected chi connectivity index (χ2v) is 10.1. The van der Waals surface area contributed by atoms with Crippen LogP contribution in [0.3, 0.4) is 0 Å². The van der Waals surface area contributed by atoms with Gasteiger partial charge in [-0.05, 0) is 66.6 Å². The lowest BCUT2D eigenvalue weighted by Gasteiger charge is -2.16. The molecule has 3 heterocycles. The number of nitrogens with two attached hydrogens (primary N) is 1. The maximum atomic E-state index is 13.3. The molecule has 0 radical (unpaired) electrons. The average molecular weight is 542 g/mol. The third-order valence-electron chi connectivity index (χ3n) is 6.22. The average Bonchev–Trinajstić information content (AvgIpc) is 3.44. The molecule has 2 aromatic carbocycles. The SMILES string of the molecule is CC(NC(=O)c1cccnc1NCc1ccc(-c2ccc3ncnc(NCCN)c3c2)s1)c1ccc(F)cc1. The van der Waals surface area contributed by atoms with Gasteiger partial charge in [0.2, 0.25) is 0 Å². The molecule has 0 saturated heterocycles. The monoisotopic (exact) mass is 541 g/mol. The fraction of sp³-hybridized carbons (Fsp3) is 0.172. The lowest BCUT2D eigenvalue weighted by molar-refractivity contribution is 0.0940. The molecule has 5 aromatic rings. The summed E-state index contributed by atoms with van der Waals surface area (Å²) in [7, 11) is 0. The van der Waals surface area contributed by atoms with Gasteiger partial charge in [0, 0.05) is 34.4 Å². The predicted octanol–water partition coefficient (Wildman–Crippen LogP) is 5.37. The quantitative estimate of drug-likeness (QED) is 0.188. The first-order chi connectivity index (χ1) is 19.0. The van der Waals surface area contributed by atoms with Crippen molar-refractivity contribution in [2.24, 2.45) is 5.73 Å². The smallest absolute Gasteiger partial charge is 0.255 e. The van der Waals surface area contributed by atoms with Crippen molar-refractivity contribution in [1.29, 1.82) is 0 Å². The highest BCUT2D eigenvalue weighted by Crippen LogP contribution is 2.32. The number of aromatic nitrogens is 3. The molecule has 1 atom stereocenters. The third-order valence-corrected chi connectivity index (χ3v) is 7.35. The van der Waals surface area contributed by atoms with Gasteiger partial charge in [-0.3, -0.25) is 4.79 Å². The molecule has 0 aliphatic carbocycles. The van der Waals surface area contributed by atoms with E-state index in [2.05, 4.69) is 55.2 Å². The largest absolute Gasteiger partial charge is 0.368 e. The number of hydrogen-bond donors (Lipinski definition) is 4. The van der Waals surface area contributed by atoms with Crippen LogP contribution in [0, 0.1) is 5.82 Å². The zero-order chi connectivity index (χ0) is 27.2. The summed E-state index contributed by atoms with van der Waals surface area (Å²) in [6, 6.07) is 19.5. The van der Waals surface area contributed by atoms with Crippen molar-refractivity contribution >= 4 is 39.8 Å². The molecule has 0 fully saturated rings. The Hall–Kier alpha value is -4.41. The number of thiophene rings is 1. The number of hydrogen-bond acceptors (Lipinski definition) is 8. The molecule has 10 heteroatoms. The predicted molar refractivity (Wildman–Crippen MR) is 154 cm³/mol. The number of nitrogens with zero attached hydrogens (tertiary/aromatic N) is 3. The minimum absolute atomic E-state index is 0.258. The number of carbonyl (C=O) groups is 1. The van der Waals surface area contributed by atoms with Crippen molar-refractivity contribution in [3.8, 4) is 10.4 Å². The molecule has 198 valence electrons. The van der Waals surface area contributed by atoms with Crippen molar-refractivity contribution in [1.82, 2.24) is 20.3 Å². The summed E-state index contributed by atoms with van der Waals surface area (Å²) in [5.41, 5.74) is 8.83. The van der Waals surface area contributed by atoms with Gasteiger partial charge in [0.25, 0.3) is 5.91 Å². The molecule has 0 aliphatic heterocycles. The number of pyridine rings is 1. The molecule has 3 aromatic heterocycles. The van der Waals surface area contributed by atoms with Crippen LogP contribution in [0.5, 0.6) is 0 Å².